The van der Waals surface area contributed by atoms with Gasteiger partial charge >= 0.3 is 0 Å². The summed E-state index contributed by atoms with van der Waals surface area (Å²) < 4.78 is 26.8. The molecule has 0 atom stereocenters. The van der Waals surface area contributed by atoms with Crippen LogP contribution >= 0.6 is 27.5 Å². The molecule has 21 heavy (non-hydrogen) atoms. The minimum atomic E-state index is -0.903. The highest BCUT2D eigenvalue weighted by Gasteiger charge is 2.16. The maximum Gasteiger partial charge on any atom is 0.257 e. The number of carbonyl (C=O) groups is 1. The summed E-state index contributed by atoms with van der Waals surface area (Å²) in [7, 11) is 0. The van der Waals surface area contributed by atoms with Crippen molar-refractivity contribution in [2.24, 2.45) is 5.84 Å². The molecular formula is C13H9BrClF2N3O. The van der Waals surface area contributed by atoms with E-state index >= 15 is 0 Å². The van der Waals surface area contributed by atoms with Crippen molar-refractivity contribution in [1.82, 2.24) is 0 Å². The Morgan fingerprint density at radius 2 is 1.95 bits per heavy atom. The average Bonchev–Trinajstić information content (AvgIpc) is 2.42. The molecule has 1 amide bonds. The number of hydrogen-bond donors (Lipinski definition) is 3. The van der Waals surface area contributed by atoms with Gasteiger partial charge in [-0.05, 0) is 40.2 Å². The van der Waals surface area contributed by atoms with Crippen LogP contribution in [0.2, 0.25) is 5.02 Å². The first kappa shape index (κ1) is 15.7. The summed E-state index contributed by atoms with van der Waals surface area (Å²) in [6.07, 6.45) is 0. The third-order valence-corrected chi connectivity index (χ3v) is 3.49. The lowest BCUT2D eigenvalue weighted by Gasteiger charge is -2.12. The summed E-state index contributed by atoms with van der Waals surface area (Å²) in [6, 6.07) is 6.13. The van der Waals surface area contributed by atoms with Crippen molar-refractivity contribution in [1.29, 1.82) is 0 Å². The molecule has 0 aliphatic carbocycles. The fourth-order valence-corrected chi connectivity index (χ4v) is 2.35. The number of nitrogens with two attached hydrogens (primary N) is 1. The number of halogens is 4. The smallest absolute Gasteiger partial charge is 0.257 e. The lowest BCUT2D eigenvalue weighted by molar-refractivity contribution is 0.102. The largest absolute Gasteiger partial charge is 0.323 e. The van der Waals surface area contributed by atoms with E-state index in [2.05, 4.69) is 26.7 Å². The summed E-state index contributed by atoms with van der Waals surface area (Å²) >= 11 is 8.81. The van der Waals surface area contributed by atoms with Crippen LogP contribution in [0.3, 0.4) is 0 Å². The highest BCUT2D eigenvalue weighted by molar-refractivity contribution is 9.10. The predicted octanol–water partition coefficient (Wildman–Crippen LogP) is 3.92. The summed E-state index contributed by atoms with van der Waals surface area (Å²) in [5.41, 5.74) is 2.61. The topological polar surface area (TPSA) is 67.1 Å². The lowest BCUT2D eigenvalue weighted by Crippen LogP contribution is -2.18. The van der Waals surface area contributed by atoms with Crippen molar-refractivity contribution < 1.29 is 13.6 Å². The first-order chi connectivity index (χ1) is 9.92. The fourth-order valence-electron chi connectivity index (χ4n) is 1.67. The monoisotopic (exact) mass is 375 g/mol. The van der Waals surface area contributed by atoms with Crippen LogP contribution in [-0.2, 0) is 0 Å². The van der Waals surface area contributed by atoms with Crippen molar-refractivity contribution >= 4 is 44.8 Å². The Morgan fingerprint density at radius 3 is 2.57 bits per heavy atom. The van der Waals surface area contributed by atoms with Crippen LogP contribution in [-0.4, -0.2) is 5.91 Å². The second kappa shape index (κ2) is 6.38. The van der Waals surface area contributed by atoms with E-state index < -0.39 is 17.5 Å². The van der Waals surface area contributed by atoms with Crippen LogP contribution < -0.4 is 16.6 Å². The summed E-state index contributed by atoms with van der Waals surface area (Å²) in [5, 5.41) is 2.66. The van der Waals surface area contributed by atoms with Gasteiger partial charge in [-0.25, -0.2) is 8.78 Å². The van der Waals surface area contributed by atoms with E-state index in [1.807, 2.05) is 0 Å². The van der Waals surface area contributed by atoms with E-state index in [1.54, 1.807) is 6.07 Å². The Hall–Kier alpha value is -1.70. The van der Waals surface area contributed by atoms with Crippen LogP contribution in [0.15, 0.2) is 34.8 Å². The highest BCUT2D eigenvalue weighted by atomic mass is 79.9. The normalized spacial score (nSPS) is 10.3. The molecule has 0 saturated carbocycles. The Balaban J connectivity index is 2.37. The van der Waals surface area contributed by atoms with Crippen molar-refractivity contribution in [2.45, 2.75) is 0 Å². The van der Waals surface area contributed by atoms with Gasteiger partial charge in [0.2, 0.25) is 0 Å². The third-order valence-electron chi connectivity index (χ3n) is 2.63. The molecule has 0 aliphatic rings. The second-order valence-electron chi connectivity index (χ2n) is 4.03. The number of nitrogen functional groups attached to an aromatic ring is 1. The minimum absolute atomic E-state index is 0.0811. The van der Waals surface area contributed by atoms with Crippen molar-refractivity contribution in [2.75, 3.05) is 10.7 Å². The number of hydrazine groups is 1. The van der Waals surface area contributed by atoms with Gasteiger partial charge in [0.05, 0.1) is 16.9 Å². The lowest BCUT2D eigenvalue weighted by atomic mass is 10.1. The number of carbonyl (C=O) groups excluding carboxylic acids is 1. The molecule has 0 radical (unpaired) electrons. The van der Waals surface area contributed by atoms with E-state index in [0.29, 0.717) is 16.8 Å². The standard InChI is InChI=1S/C13H9BrClF2N3O/c14-9-4-7(16)5-10(17)12(9)19-13(21)8-3-6(15)1-2-11(8)20-18/h1-5,20H,18H2,(H,19,21). The van der Waals surface area contributed by atoms with E-state index in [-0.39, 0.29) is 15.7 Å². The van der Waals surface area contributed by atoms with Gasteiger partial charge in [-0.15, -0.1) is 0 Å². The number of nitrogens with one attached hydrogen (secondary N) is 2. The molecular weight excluding hydrogens is 368 g/mol. The minimum Gasteiger partial charge on any atom is -0.323 e. The molecule has 0 saturated heterocycles. The van der Waals surface area contributed by atoms with E-state index in [9.17, 15) is 13.6 Å². The van der Waals surface area contributed by atoms with Crippen LogP contribution in [0.1, 0.15) is 10.4 Å². The zero-order chi connectivity index (χ0) is 15.6. The summed E-state index contributed by atoms with van der Waals surface area (Å²) in [4.78, 5) is 12.2. The summed E-state index contributed by atoms with van der Waals surface area (Å²) in [5.74, 6) is 3.00. The first-order valence-corrected chi connectivity index (χ1v) is 6.81. The Morgan fingerprint density at radius 1 is 1.24 bits per heavy atom. The molecule has 0 bridgehead atoms. The first-order valence-electron chi connectivity index (χ1n) is 5.64. The second-order valence-corrected chi connectivity index (χ2v) is 5.32. The predicted molar refractivity (Wildman–Crippen MR) is 81.3 cm³/mol. The zero-order valence-corrected chi connectivity index (χ0v) is 12.7. The number of anilines is 2. The van der Waals surface area contributed by atoms with Gasteiger partial charge in [0, 0.05) is 15.6 Å². The van der Waals surface area contributed by atoms with Crippen LogP contribution in [0.25, 0.3) is 0 Å². The van der Waals surface area contributed by atoms with E-state index in [0.717, 1.165) is 6.07 Å². The molecule has 110 valence electrons. The van der Waals surface area contributed by atoms with Crippen molar-refractivity contribution in [3.63, 3.8) is 0 Å². The zero-order valence-electron chi connectivity index (χ0n) is 10.4. The molecule has 2 aromatic rings. The van der Waals surface area contributed by atoms with Crippen molar-refractivity contribution in [3.8, 4) is 0 Å². The number of hydrogen-bond acceptors (Lipinski definition) is 3. The Bertz CT molecular complexity index is 689. The molecule has 0 heterocycles. The molecule has 0 aliphatic heterocycles. The molecule has 2 aromatic carbocycles. The fraction of sp³-hybridized carbons (Fsp3) is 0. The molecule has 0 aromatic heterocycles. The molecule has 0 spiro atoms. The molecule has 4 N–H and O–H groups in total. The van der Waals surface area contributed by atoms with E-state index in [1.165, 1.54) is 12.1 Å². The van der Waals surface area contributed by atoms with Crippen LogP contribution in [0.4, 0.5) is 20.2 Å². The van der Waals surface area contributed by atoms with Crippen LogP contribution in [0.5, 0.6) is 0 Å². The van der Waals surface area contributed by atoms with Gasteiger partial charge in [-0.3, -0.25) is 10.6 Å². The quantitative estimate of drug-likeness (QED) is 0.562. The molecule has 0 fully saturated rings. The number of benzene rings is 2. The van der Waals surface area contributed by atoms with E-state index in [4.69, 9.17) is 17.4 Å². The van der Waals surface area contributed by atoms with Crippen LogP contribution in [0, 0.1) is 11.6 Å². The maximum atomic E-state index is 13.7. The van der Waals surface area contributed by atoms with Gasteiger partial charge in [-0.2, -0.15) is 0 Å². The SMILES string of the molecule is NNc1ccc(Cl)cc1C(=O)Nc1c(F)cc(F)cc1Br. The average molecular weight is 377 g/mol. The van der Waals surface area contributed by atoms with Gasteiger partial charge < -0.3 is 10.7 Å². The van der Waals surface area contributed by atoms with Gasteiger partial charge in [-0.1, -0.05) is 11.6 Å². The third kappa shape index (κ3) is 3.49. The summed E-state index contributed by atoms with van der Waals surface area (Å²) in [6.45, 7) is 0. The highest BCUT2D eigenvalue weighted by Crippen LogP contribution is 2.28. The Kier molecular flexibility index (Phi) is 4.76. The van der Waals surface area contributed by atoms with Gasteiger partial charge in [0.25, 0.3) is 5.91 Å². The van der Waals surface area contributed by atoms with Crippen molar-refractivity contribution in [3.05, 3.63) is 57.0 Å². The number of rotatable bonds is 3. The Labute approximate surface area is 132 Å². The maximum absolute atomic E-state index is 13.7. The van der Waals surface area contributed by atoms with Gasteiger partial charge in [0.15, 0.2) is 5.82 Å². The number of amides is 1. The molecule has 0 unspecified atom stereocenters. The van der Waals surface area contributed by atoms with Gasteiger partial charge in [0.1, 0.15) is 5.82 Å². The molecule has 8 heteroatoms. The molecule has 2 rings (SSSR count). The molecule has 4 nitrogen and oxygen atoms in total.